The maximum atomic E-state index is 5.34. The molecule has 1 aliphatic rings. The number of hydrogen-bond donors (Lipinski definition) is 0. The zero-order valence-electron chi connectivity index (χ0n) is 12.4. The lowest BCUT2D eigenvalue weighted by molar-refractivity contribution is 0.0372. The first-order valence-corrected chi connectivity index (χ1v) is 7.51. The van der Waals surface area contributed by atoms with Gasteiger partial charge in [0.15, 0.2) is 0 Å². The summed E-state index contributed by atoms with van der Waals surface area (Å²) >= 11 is 0. The molecule has 0 radical (unpaired) electrons. The van der Waals surface area contributed by atoms with Gasteiger partial charge in [-0.25, -0.2) is 0 Å². The summed E-state index contributed by atoms with van der Waals surface area (Å²) in [6.07, 6.45) is 1.87. The molecule has 0 N–H and O–H groups in total. The Balaban J connectivity index is 1.51. The molecular formula is C16H21N3O2. The summed E-state index contributed by atoms with van der Waals surface area (Å²) in [6.45, 7) is 6.87. The van der Waals surface area contributed by atoms with Gasteiger partial charge in [-0.1, -0.05) is 35.0 Å². The Hall–Kier alpha value is -1.72. The highest BCUT2D eigenvalue weighted by atomic mass is 16.5. The van der Waals surface area contributed by atoms with E-state index >= 15 is 0 Å². The third-order valence-electron chi connectivity index (χ3n) is 3.75. The van der Waals surface area contributed by atoms with Gasteiger partial charge in [-0.15, -0.1) is 0 Å². The van der Waals surface area contributed by atoms with E-state index in [4.69, 9.17) is 9.26 Å². The molecule has 1 saturated heterocycles. The molecule has 112 valence electrons. The van der Waals surface area contributed by atoms with Gasteiger partial charge in [-0.3, -0.25) is 4.90 Å². The van der Waals surface area contributed by atoms with Gasteiger partial charge in [0.25, 0.3) is 0 Å². The normalized spacial score (nSPS) is 16.2. The Morgan fingerprint density at radius 1 is 1.14 bits per heavy atom. The Morgan fingerprint density at radius 3 is 2.67 bits per heavy atom. The van der Waals surface area contributed by atoms with Crippen molar-refractivity contribution < 1.29 is 9.26 Å². The molecule has 0 saturated carbocycles. The molecule has 0 amide bonds. The van der Waals surface area contributed by atoms with Gasteiger partial charge in [0, 0.05) is 25.1 Å². The molecule has 5 nitrogen and oxygen atoms in total. The molecule has 0 bridgehead atoms. The van der Waals surface area contributed by atoms with E-state index in [9.17, 15) is 0 Å². The van der Waals surface area contributed by atoms with Crippen molar-refractivity contribution in [3.63, 3.8) is 0 Å². The van der Waals surface area contributed by atoms with Gasteiger partial charge in [0.2, 0.25) is 11.7 Å². The lowest BCUT2D eigenvalue weighted by atomic mass is 10.1. The van der Waals surface area contributed by atoms with Gasteiger partial charge in [0.05, 0.1) is 13.2 Å². The van der Waals surface area contributed by atoms with Crippen LogP contribution in [0, 0.1) is 6.92 Å². The summed E-state index contributed by atoms with van der Waals surface area (Å²) < 4.78 is 10.7. The van der Waals surface area contributed by atoms with Gasteiger partial charge < -0.3 is 9.26 Å². The van der Waals surface area contributed by atoms with E-state index in [1.165, 1.54) is 5.56 Å². The third-order valence-corrected chi connectivity index (χ3v) is 3.75. The predicted octanol–water partition coefficient (Wildman–Crippen LogP) is 2.31. The summed E-state index contributed by atoms with van der Waals surface area (Å²) in [5.74, 6) is 1.40. The lowest BCUT2D eigenvalue weighted by Crippen LogP contribution is -2.36. The summed E-state index contributed by atoms with van der Waals surface area (Å²) in [6, 6.07) is 8.17. The minimum atomic E-state index is 0.677. The fraction of sp³-hybridized carbons (Fsp3) is 0.500. The van der Waals surface area contributed by atoms with E-state index < -0.39 is 0 Å². The second-order valence-corrected chi connectivity index (χ2v) is 5.44. The van der Waals surface area contributed by atoms with E-state index in [0.29, 0.717) is 5.82 Å². The van der Waals surface area contributed by atoms with Crippen LogP contribution in [-0.4, -0.2) is 47.9 Å². The van der Waals surface area contributed by atoms with Crippen LogP contribution in [0.2, 0.25) is 0 Å². The van der Waals surface area contributed by atoms with Crippen LogP contribution in [0.25, 0.3) is 11.4 Å². The van der Waals surface area contributed by atoms with Crippen molar-refractivity contribution in [1.82, 2.24) is 15.0 Å². The van der Waals surface area contributed by atoms with E-state index in [-0.39, 0.29) is 0 Å². The standard InChI is InChI=1S/C16H21N3O2/c1-13-4-6-14(7-5-13)16-17-15(21-18-16)3-2-8-19-9-11-20-12-10-19/h4-7H,2-3,8-12H2,1H3. The molecule has 5 heteroatoms. The molecule has 0 unspecified atom stereocenters. The van der Waals surface area contributed by atoms with Gasteiger partial charge in [-0.2, -0.15) is 4.98 Å². The highest BCUT2D eigenvalue weighted by molar-refractivity contribution is 5.54. The SMILES string of the molecule is Cc1ccc(-c2noc(CCCN3CCOCC3)n2)cc1. The van der Waals surface area contributed by atoms with Crippen molar-refractivity contribution in [1.29, 1.82) is 0 Å². The number of hydrogen-bond acceptors (Lipinski definition) is 5. The molecule has 1 fully saturated rings. The average molecular weight is 287 g/mol. The monoisotopic (exact) mass is 287 g/mol. The minimum absolute atomic E-state index is 0.677. The smallest absolute Gasteiger partial charge is 0.227 e. The zero-order valence-corrected chi connectivity index (χ0v) is 12.4. The largest absolute Gasteiger partial charge is 0.379 e. The predicted molar refractivity (Wildman–Crippen MR) is 80.1 cm³/mol. The molecule has 0 spiro atoms. The maximum absolute atomic E-state index is 5.34. The highest BCUT2D eigenvalue weighted by Gasteiger charge is 2.12. The number of benzene rings is 1. The maximum Gasteiger partial charge on any atom is 0.227 e. The molecule has 21 heavy (non-hydrogen) atoms. The topological polar surface area (TPSA) is 51.4 Å². The number of rotatable bonds is 5. The lowest BCUT2D eigenvalue weighted by Gasteiger charge is -2.26. The first-order valence-electron chi connectivity index (χ1n) is 7.51. The van der Waals surface area contributed by atoms with Crippen LogP contribution in [0.1, 0.15) is 17.9 Å². The third kappa shape index (κ3) is 3.89. The van der Waals surface area contributed by atoms with Gasteiger partial charge in [-0.05, 0) is 19.9 Å². The molecule has 2 aromatic rings. The molecule has 2 heterocycles. The summed E-state index contributed by atoms with van der Waals surface area (Å²) in [5.41, 5.74) is 2.23. The van der Waals surface area contributed by atoms with E-state index in [0.717, 1.165) is 57.1 Å². The molecule has 1 aromatic carbocycles. The fourth-order valence-electron chi connectivity index (χ4n) is 2.45. The van der Waals surface area contributed by atoms with Crippen molar-refractivity contribution >= 4 is 0 Å². The number of ether oxygens (including phenoxy) is 1. The van der Waals surface area contributed by atoms with Crippen molar-refractivity contribution in [3.05, 3.63) is 35.7 Å². The number of aromatic nitrogens is 2. The summed E-state index contributed by atoms with van der Waals surface area (Å²) in [7, 11) is 0. The van der Waals surface area contributed by atoms with Crippen LogP contribution in [0.4, 0.5) is 0 Å². The number of nitrogens with zero attached hydrogens (tertiary/aromatic N) is 3. The fourth-order valence-corrected chi connectivity index (χ4v) is 2.45. The zero-order chi connectivity index (χ0) is 14.5. The quantitative estimate of drug-likeness (QED) is 0.844. The molecule has 1 aliphatic heterocycles. The second kappa shape index (κ2) is 6.83. The van der Waals surface area contributed by atoms with Crippen LogP contribution in [0.15, 0.2) is 28.8 Å². The summed E-state index contributed by atoms with van der Waals surface area (Å²) in [5, 5.41) is 4.06. The average Bonchev–Trinajstić information content (AvgIpc) is 2.98. The second-order valence-electron chi connectivity index (χ2n) is 5.44. The molecule has 3 rings (SSSR count). The summed E-state index contributed by atoms with van der Waals surface area (Å²) in [4.78, 5) is 6.89. The van der Waals surface area contributed by atoms with Crippen LogP contribution < -0.4 is 0 Å². The van der Waals surface area contributed by atoms with Gasteiger partial charge >= 0.3 is 0 Å². The first kappa shape index (κ1) is 14.2. The van der Waals surface area contributed by atoms with E-state index in [2.05, 4.69) is 34.1 Å². The van der Waals surface area contributed by atoms with Crippen LogP contribution >= 0.6 is 0 Å². The Bertz CT molecular complexity index is 559. The van der Waals surface area contributed by atoms with Crippen LogP contribution in [0.3, 0.4) is 0 Å². The number of aryl methyl sites for hydroxylation is 2. The molecular weight excluding hydrogens is 266 g/mol. The van der Waals surface area contributed by atoms with Crippen LogP contribution in [0.5, 0.6) is 0 Å². The minimum Gasteiger partial charge on any atom is -0.379 e. The number of morpholine rings is 1. The van der Waals surface area contributed by atoms with Crippen molar-refractivity contribution in [2.75, 3.05) is 32.8 Å². The first-order chi connectivity index (χ1) is 10.3. The Morgan fingerprint density at radius 2 is 1.90 bits per heavy atom. The van der Waals surface area contributed by atoms with E-state index in [1.54, 1.807) is 0 Å². The van der Waals surface area contributed by atoms with Gasteiger partial charge in [0.1, 0.15) is 0 Å². The van der Waals surface area contributed by atoms with Crippen LogP contribution in [-0.2, 0) is 11.2 Å². The molecule has 0 atom stereocenters. The van der Waals surface area contributed by atoms with Crippen molar-refractivity contribution in [3.8, 4) is 11.4 Å². The Labute approximate surface area is 124 Å². The van der Waals surface area contributed by atoms with Crippen molar-refractivity contribution in [2.24, 2.45) is 0 Å². The molecule has 1 aromatic heterocycles. The highest BCUT2D eigenvalue weighted by Crippen LogP contribution is 2.16. The Kier molecular flexibility index (Phi) is 4.62. The van der Waals surface area contributed by atoms with E-state index in [1.807, 2.05) is 12.1 Å². The molecule has 0 aliphatic carbocycles. The van der Waals surface area contributed by atoms with Crippen molar-refractivity contribution in [2.45, 2.75) is 19.8 Å².